The van der Waals surface area contributed by atoms with E-state index >= 15 is 0 Å². The average molecular weight is 177 g/mol. The number of hydrogen-bond donors (Lipinski definition) is 0. The van der Waals surface area contributed by atoms with E-state index in [1.807, 2.05) is 12.1 Å². The van der Waals surface area contributed by atoms with Crippen molar-refractivity contribution in [2.45, 2.75) is 6.61 Å². The van der Waals surface area contributed by atoms with Crippen molar-refractivity contribution < 1.29 is 14.1 Å². The fourth-order valence-corrected chi connectivity index (χ4v) is 1.41. The van der Waals surface area contributed by atoms with Crippen molar-refractivity contribution in [2.75, 3.05) is 14.2 Å². The van der Waals surface area contributed by atoms with Crippen LogP contribution in [-0.4, -0.2) is 21.7 Å². The molecule has 0 fully saturated rings. The summed E-state index contributed by atoms with van der Waals surface area (Å²) in [5.74, 6) is 1.61. The van der Waals surface area contributed by atoms with Gasteiger partial charge in [0, 0.05) is 11.6 Å². The standard InChI is InChI=1S/C9H10BO3/c1-11-6-3-8-7(5-13-10-8)9(4-6)12-2/h3-4H,5H2,1-2H3. The van der Waals surface area contributed by atoms with Gasteiger partial charge in [-0.05, 0) is 11.5 Å². The van der Waals surface area contributed by atoms with Gasteiger partial charge in [0.2, 0.25) is 0 Å². The lowest BCUT2D eigenvalue weighted by atomic mass is 9.87. The molecule has 1 heterocycles. The highest BCUT2D eigenvalue weighted by molar-refractivity contribution is 6.49. The summed E-state index contributed by atoms with van der Waals surface area (Å²) in [6, 6.07) is 3.80. The summed E-state index contributed by atoms with van der Waals surface area (Å²) in [6.45, 7) is 0.586. The minimum Gasteiger partial charge on any atom is -0.497 e. The average Bonchev–Trinajstić information content (AvgIpc) is 2.63. The van der Waals surface area contributed by atoms with Crippen LogP contribution < -0.4 is 14.9 Å². The molecule has 3 nitrogen and oxygen atoms in total. The number of rotatable bonds is 2. The summed E-state index contributed by atoms with van der Waals surface area (Å²) in [5, 5.41) is 0. The third-order valence-corrected chi connectivity index (χ3v) is 2.11. The molecule has 1 aromatic carbocycles. The second-order valence-electron chi connectivity index (χ2n) is 2.83. The molecule has 0 N–H and O–H groups in total. The number of fused-ring (bicyclic) bond motifs is 1. The maximum Gasteiger partial charge on any atom is 0.331 e. The summed E-state index contributed by atoms with van der Waals surface area (Å²) in [6.07, 6.45) is 0. The van der Waals surface area contributed by atoms with Crippen molar-refractivity contribution in [3.63, 3.8) is 0 Å². The van der Waals surface area contributed by atoms with Gasteiger partial charge in [-0.15, -0.1) is 0 Å². The molecular formula is C9H10BO3. The molecule has 67 valence electrons. The topological polar surface area (TPSA) is 27.7 Å². The Morgan fingerprint density at radius 3 is 2.85 bits per heavy atom. The highest BCUT2D eigenvalue weighted by Gasteiger charge is 2.19. The largest absolute Gasteiger partial charge is 0.497 e. The molecular weight excluding hydrogens is 167 g/mol. The summed E-state index contributed by atoms with van der Waals surface area (Å²) in [5.41, 5.74) is 2.12. The van der Waals surface area contributed by atoms with Gasteiger partial charge in [-0.25, -0.2) is 0 Å². The molecule has 0 amide bonds. The van der Waals surface area contributed by atoms with E-state index < -0.39 is 0 Å². The second-order valence-corrected chi connectivity index (χ2v) is 2.83. The van der Waals surface area contributed by atoms with Gasteiger partial charge >= 0.3 is 7.48 Å². The minimum absolute atomic E-state index is 0.586. The smallest absolute Gasteiger partial charge is 0.331 e. The van der Waals surface area contributed by atoms with Crippen LogP contribution in [0.4, 0.5) is 0 Å². The van der Waals surface area contributed by atoms with Crippen molar-refractivity contribution in [1.29, 1.82) is 0 Å². The fraction of sp³-hybridized carbons (Fsp3) is 0.333. The maximum absolute atomic E-state index is 5.22. The van der Waals surface area contributed by atoms with Crippen LogP contribution in [0.25, 0.3) is 0 Å². The number of benzene rings is 1. The van der Waals surface area contributed by atoms with E-state index in [-0.39, 0.29) is 0 Å². The first-order valence-electron chi connectivity index (χ1n) is 4.05. The van der Waals surface area contributed by atoms with Gasteiger partial charge in [-0.2, -0.15) is 0 Å². The van der Waals surface area contributed by atoms with E-state index in [2.05, 4.69) is 0 Å². The lowest BCUT2D eigenvalue weighted by Gasteiger charge is -2.08. The van der Waals surface area contributed by atoms with Crippen LogP contribution in [0, 0.1) is 0 Å². The SMILES string of the molecule is COc1cc2c(c(OC)c1)CO[B]2. The molecule has 1 aromatic rings. The molecule has 0 atom stereocenters. The zero-order valence-electron chi connectivity index (χ0n) is 7.66. The second kappa shape index (κ2) is 3.30. The molecule has 0 aliphatic carbocycles. The Kier molecular flexibility index (Phi) is 2.14. The molecule has 0 bridgehead atoms. The lowest BCUT2D eigenvalue weighted by Crippen LogP contribution is -2.12. The molecule has 0 saturated heterocycles. The van der Waals surface area contributed by atoms with E-state index in [1.54, 1.807) is 21.7 Å². The van der Waals surface area contributed by atoms with Gasteiger partial charge in [0.05, 0.1) is 20.8 Å². The van der Waals surface area contributed by atoms with E-state index in [1.165, 1.54) is 0 Å². The van der Waals surface area contributed by atoms with Crippen molar-refractivity contribution >= 4 is 12.9 Å². The van der Waals surface area contributed by atoms with Crippen LogP contribution in [0.3, 0.4) is 0 Å². The van der Waals surface area contributed by atoms with Crippen LogP contribution in [-0.2, 0) is 11.3 Å². The molecule has 0 unspecified atom stereocenters. The quantitative estimate of drug-likeness (QED) is 0.614. The summed E-state index contributed by atoms with van der Waals surface area (Å²) < 4.78 is 15.5. The Balaban J connectivity index is 2.49. The molecule has 1 aliphatic rings. The van der Waals surface area contributed by atoms with Crippen LogP contribution in [0.2, 0.25) is 0 Å². The zero-order valence-corrected chi connectivity index (χ0v) is 7.66. The summed E-state index contributed by atoms with van der Waals surface area (Å²) in [7, 11) is 5.00. The first-order chi connectivity index (χ1) is 6.35. The van der Waals surface area contributed by atoms with Gasteiger partial charge in [0.15, 0.2) is 0 Å². The Morgan fingerprint density at radius 2 is 2.15 bits per heavy atom. The van der Waals surface area contributed by atoms with Gasteiger partial charge in [0.25, 0.3) is 0 Å². The van der Waals surface area contributed by atoms with Crippen molar-refractivity contribution in [1.82, 2.24) is 0 Å². The normalized spacial score (nSPS) is 13.4. The van der Waals surface area contributed by atoms with Gasteiger partial charge in [0.1, 0.15) is 11.5 Å². The van der Waals surface area contributed by atoms with Crippen molar-refractivity contribution in [2.24, 2.45) is 0 Å². The summed E-state index contributed by atoms with van der Waals surface area (Å²) in [4.78, 5) is 0. The molecule has 1 radical (unpaired) electrons. The Morgan fingerprint density at radius 1 is 1.31 bits per heavy atom. The fourth-order valence-electron chi connectivity index (χ4n) is 1.41. The van der Waals surface area contributed by atoms with Crippen LogP contribution in [0.5, 0.6) is 11.5 Å². The van der Waals surface area contributed by atoms with Gasteiger partial charge < -0.3 is 14.1 Å². The molecule has 0 aromatic heterocycles. The predicted molar refractivity (Wildman–Crippen MR) is 49.7 cm³/mol. The first kappa shape index (κ1) is 8.44. The maximum atomic E-state index is 5.22. The van der Waals surface area contributed by atoms with Crippen LogP contribution in [0.1, 0.15) is 5.56 Å². The highest BCUT2D eigenvalue weighted by atomic mass is 16.5. The third-order valence-electron chi connectivity index (χ3n) is 2.11. The highest BCUT2D eigenvalue weighted by Crippen LogP contribution is 2.25. The predicted octanol–water partition coefficient (Wildman–Crippen LogP) is 0.478. The molecule has 1 aliphatic heterocycles. The number of ether oxygens (including phenoxy) is 2. The Hall–Kier alpha value is -1.16. The summed E-state index contributed by atoms with van der Waals surface area (Å²) >= 11 is 0. The lowest BCUT2D eigenvalue weighted by molar-refractivity contribution is 0.331. The molecule has 2 rings (SSSR count). The Bertz CT molecular complexity index is 325. The number of methoxy groups -OCH3 is 2. The van der Waals surface area contributed by atoms with E-state index in [0.717, 1.165) is 22.5 Å². The monoisotopic (exact) mass is 177 g/mol. The molecule has 0 saturated carbocycles. The van der Waals surface area contributed by atoms with E-state index in [4.69, 9.17) is 14.1 Å². The van der Waals surface area contributed by atoms with Crippen molar-refractivity contribution in [3.05, 3.63) is 17.7 Å². The minimum atomic E-state index is 0.586. The first-order valence-corrected chi connectivity index (χ1v) is 4.05. The number of hydrogen-bond acceptors (Lipinski definition) is 3. The van der Waals surface area contributed by atoms with E-state index in [9.17, 15) is 0 Å². The third kappa shape index (κ3) is 1.37. The van der Waals surface area contributed by atoms with Crippen molar-refractivity contribution in [3.8, 4) is 11.5 Å². The molecule has 4 heteroatoms. The van der Waals surface area contributed by atoms with E-state index in [0.29, 0.717) is 6.61 Å². The zero-order chi connectivity index (χ0) is 9.26. The van der Waals surface area contributed by atoms with Gasteiger partial charge in [-0.3, -0.25) is 0 Å². The van der Waals surface area contributed by atoms with Crippen LogP contribution in [0.15, 0.2) is 12.1 Å². The van der Waals surface area contributed by atoms with Crippen LogP contribution >= 0.6 is 0 Å². The molecule has 13 heavy (non-hydrogen) atoms. The molecule has 0 spiro atoms. The Labute approximate surface area is 77.9 Å². The van der Waals surface area contributed by atoms with Gasteiger partial charge in [-0.1, -0.05) is 0 Å².